The van der Waals surface area contributed by atoms with Crippen LogP contribution in [-0.2, 0) is 11.2 Å². The normalized spacial score (nSPS) is 11.3. The van der Waals surface area contributed by atoms with Crippen LogP contribution in [0.1, 0.15) is 87.5 Å². The van der Waals surface area contributed by atoms with Crippen LogP contribution >= 0.6 is 22.7 Å². The topological polar surface area (TPSA) is 59.9 Å². The van der Waals surface area contributed by atoms with Gasteiger partial charge in [-0.15, -0.1) is 22.7 Å². The summed E-state index contributed by atoms with van der Waals surface area (Å²) in [5.41, 5.74) is 0.667. The third kappa shape index (κ3) is 7.62. The van der Waals surface area contributed by atoms with Crippen molar-refractivity contribution in [1.82, 2.24) is 9.97 Å². The molecular weight excluding hydrogens is 376 g/mol. The summed E-state index contributed by atoms with van der Waals surface area (Å²) in [4.78, 5) is 33.7. The third-order valence-electron chi connectivity index (χ3n) is 4.35. The van der Waals surface area contributed by atoms with Gasteiger partial charge in [-0.2, -0.15) is 0 Å². The zero-order chi connectivity index (χ0) is 19.6. The Hall–Kier alpha value is -1.40. The Kier molecular flexibility index (Phi) is 9.28. The van der Waals surface area contributed by atoms with E-state index in [2.05, 4.69) is 23.8 Å². The summed E-state index contributed by atoms with van der Waals surface area (Å²) in [6, 6.07) is 0. The summed E-state index contributed by atoms with van der Waals surface area (Å²) in [6.45, 7) is 5.99. The highest BCUT2D eigenvalue weighted by molar-refractivity contribution is 7.20. The molecule has 4 nitrogen and oxygen atoms in total. The third-order valence-corrected chi connectivity index (χ3v) is 6.35. The van der Waals surface area contributed by atoms with E-state index in [4.69, 9.17) is 0 Å². The summed E-state index contributed by atoms with van der Waals surface area (Å²) in [5.74, 6) is 0.940. The van der Waals surface area contributed by atoms with Crippen LogP contribution in [0.25, 0.3) is 10.0 Å². The molecule has 0 bridgehead atoms. The molecule has 0 aromatic carbocycles. The maximum atomic E-state index is 12.7. The number of rotatable bonds is 13. The van der Waals surface area contributed by atoms with E-state index in [0.29, 0.717) is 24.5 Å². The zero-order valence-electron chi connectivity index (χ0n) is 16.6. The van der Waals surface area contributed by atoms with Gasteiger partial charge in [0.05, 0.1) is 0 Å². The van der Waals surface area contributed by atoms with Crippen molar-refractivity contribution in [3.63, 3.8) is 0 Å². The van der Waals surface area contributed by atoms with Gasteiger partial charge in [-0.3, -0.25) is 4.79 Å². The van der Waals surface area contributed by atoms with Crippen molar-refractivity contribution in [2.75, 3.05) is 0 Å². The largest absolute Gasteiger partial charge is 0.300 e. The predicted molar refractivity (Wildman–Crippen MR) is 114 cm³/mol. The molecule has 0 aliphatic rings. The average Bonchev–Trinajstić information content (AvgIpc) is 3.25. The van der Waals surface area contributed by atoms with Gasteiger partial charge in [-0.05, 0) is 32.1 Å². The molecule has 0 N–H and O–H groups in total. The molecule has 2 aromatic rings. The Labute approximate surface area is 170 Å². The molecule has 0 spiro atoms. The molecule has 0 radical (unpaired) electrons. The van der Waals surface area contributed by atoms with Crippen molar-refractivity contribution in [1.29, 1.82) is 0 Å². The standard InChI is InChI=1S/C21H30N2O2S2/c1-15(2)14-18-19(23-21(27-18)20-22-12-13-26-20)17(25)11-9-7-5-4-6-8-10-16(3)24/h12-13,15H,4-11,14H2,1-3H3. The van der Waals surface area contributed by atoms with E-state index in [1.165, 1.54) is 0 Å². The second-order valence-corrected chi connectivity index (χ2v) is 9.45. The van der Waals surface area contributed by atoms with Crippen molar-refractivity contribution in [3.8, 4) is 10.0 Å². The molecule has 148 valence electrons. The Morgan fingerprint density at radius 2 is 1.67 bits per heavy atom. The highest BCUT2D eigenvalue weighted by Gasteiger charge is 2.20. The SMILES string of the molecule is CC(=O)CCCCCCCCC(=O)c1nc(-c2nccs2)sc1CC(C)C. The summed E-state index contributed by atoms with van der Waals surface area (Å²) in [7, 11) is 0. The first-order valence-corrected chi connectivity index (χ1v) is 11.6. The van der Waals surface area contributed by atoms with Crippen molar-refractivity contribution in [2.24, 2.45) is 5.92 Å². The molecule has 6 heteroatoms. The van der Waals surface area contributed by atoms with Crippen LogP contribution in [0.15, 0.2) is 11.6 Å². The minimum atomic E-state index is 0.168. The Morgan fingerprint density at radius 3 is 2.26 bits per heavy atom. The number of carbonyl (C=O) groups is 2. The van der Waals surface area contributed by atoms with E-state index in [1.807, 2.05) is 5.38 Å². The quantitative estimate of drug-likeness (QED) is 0.287. The monoisotopic (exact) mass is 406 g/mol. The Morgan fingerprint density at radius 1 is 1.00 bits per heavy atom. The minimum absolute atomic E-state index is 0.168. The van der Waals surface area contributed by atoms with Crippen molar-refractivity contribution in [2.45, 2.75) is 78.6 Å². The van der Waals surface area contributed by atoms with Gasteiger partial charge < -0.3 is 4.79 Å². The second-order valence-electron chi connectivity index (χ2n) is 7.47. The van der Waals surface area contributed by atoms with Gasteiger partial charge in [0.2, 0.25) is 0 Å². The lowest BCUT2D eigenvalue weighted by molar-refractivity contribution is -0.117. The van der Waals surface area contributed by atoms with Gasteiger partial charge in [0.1, 0.15) is 11.5 Å². The fourth-order valence-corrected chi connectivity index (χ4v) is 4.96. The average molecular weight is 407 g/mol. The Bertz CT molecular complexity index is 721. The van der Waals surface area contributed by atoms with Gasteiger partial charge >= 0.3 is 0 Å². The fourth-order valence-electron chi connectivity index (χ4n) is 2.98. The van der Waals surface area contributed by atoms with Gasteiger partial charge in [0.15, 0.2) is 15.8 Å². The number of aromatic nitrogens is 2. The summed E-state index contributed by atoms with van der Waals surface area (Å²) >= 11 is 3.18. The van der Waals surface area contributed by atoms with Crippen molar-refractivity contribution < 1.29 is 9.59 Å². The molecule has 0 saturated carbocycles. The highest BCUT2D eigenvalue weighted by atomic mass is 32.1. The molecule has 0 unspecified atom stereocenters. The van der Waals surface area contributed by atoms with E-state index >= 15 is 0 Å². The lowest BCUT2D eigenvalue weighted by atomic mass is 10.0. The molecule has 0 aliphatic carbocycles. The minimum Gasteiger partial charge on any atom is -0.300 e. The van der Waals surface area contributed by atoms with Crippen LogP contribution in [0, 0.1) is 5.92 Å². The summed E-state index contributed by atoms with van der Waals surface area (Å²) in [5, 5.41) is 3.71. The molecule has 2 aromatic heterocycles. The maximum Gasteiger partial charge on any atom is 0.182 e. The van der Waals surface area contributed by atoms with Crippen LogP contribution in [0.3, 0.4) is 0 Å². The number of hydrogen-bond acceptors (Lipinski definition) is 6. The smallest absolute Gasteiger partial charge is 0.182 e. The van der Waals surface area contributed by atoms with Crippen molar-refractivity contribution >= 4 is 34.2 Å². The number of ketones is 2. The van der Waals surface area contributed by atoms with E-state index < -0.39 is 0 Å². The van der Waals surface area contributed by atoms with Crippen LogP contribution in [0.5, 0.6) is 0 Å². The van der Waals surface area contributed by atoms with Crippen LogP contribution < -0.4 is 0 Å². The molecular formula is C21H30N2O2S2. The number of nitrogens with zero attached hydrogens (tertiary/aromatic N) is 2. The molecule has 0 saturated heterocycles. The van der Waals surface area contributed by atoms with Crippen molar-refractivity contribution in [3.05, 3.63) is 22.1 Å². The van der Waals surface area contributed by atoms with Crippen LogP contribution in [0.2, 0.25) is 0 Å². The van der Waals surface area contributed by atoms with Crippen LogP contribution in [-0.4, -0.2) is 21.5 Å². The first kappa shape index (κ1) is 21.9. The molecule has 2 rings (SSSR count). The first-order valence-electron chi connectivity index (χ1n) is 9.89. The predicted octanol–water partition coefficient (Wildman–Crippen LogP) is 6.36. The summed E-state index contributed by atoms with van der Waals surface area (Å²) in [6.07, 6.45) is 10.3. The number of unbranched alkanes of at least 4 members (excludes halogenated alkanes) is 5. The molecule has 0 amide bonds. The van der Waals surface area contributed by atoms with E-state index in [0.717, 1.165) is 59.8 Å². The van der Waals surface area contributed by atoms with Crippen LogP contribution in [0.4, 0.5) is 0 Å². The lowest BCUT2D eigenvalue weighted by Crippen LogP contribution is -2.05. The number of carbonyl (C=O) groups excluding carboxylic acids is 2. The lowest BCUT2D eigenvalue weighted by Gasteiger charge is -2.05. The van der Waals surface area contributed by atoms with E-state index in [-0.39, 0.29) is 11.6 Å². The second kappa shape index (κ2) is 11.4. The van der Waals surface area contributed by atoms with Gasteiger partial charge in [-0.25, -0.2) is 9.97 Å². The maximum absolute atomic E-state index is 12.7. The molecule has 27 heavy (non-hydrogen) atoms. The molecule has 0 aliphatic heterocycles. The van der Waals surface area contributed by atoms with E-state index in [1.54, 1.807) is 35.8 Å². The summed E-state index contributed by atoms with van der Waals surface area (Å²) < 4.78 is 0. The molecule has 2 heterocycles. The van der Waals surface area contributed by atoms with Gasteiger partial charge in [-0.1, -0.05) is 39.5 Å². The zero-order valence-corrected chi connectivity index (χ0v) is 18.3. The van der Waals surface area contributed by atoms with E-state index in [9.17, 15) is 9.59 Å². The van der Waals surface area contributed by atoms with Gasteiger partial charge in [0, 0.05) is 29.3 Å². The molecule has 0 fully saturated rings. The number of thiazole rings is 2. The highest BCUT2D eigenvalue weighted by Crippen LogP contribution is 2.31. The fraction of sp³-hybridized carbons (Fsp3) is 0.619. The molecule has 0 atom stereocenters. The first-order chi connectivity index (χ1) is 13.0. The number of hydrogen-bond donors (Lipinski definition) is 0. The van der Waals surface area contributed by atoms with Gasteiger partial charge in [0.25, 0.3) is 0 Å². The number of Topliss-reactive ketones (excluding diaryl/α,β-unsaturated/α-hetero) is 2. The Balaban J connectivity index is 1.83.